The number of hydrogen-bond acceptors (Lipinski definition) is 2. The molecule has 0 fully saturated rings. The fourth-order valence-electron chi connectivity index (χ4n) is 1.44. The first-order valence-corrected chi connectivity index (χ1v) is 5.08. The third-order valence-corrected chi connectivity index (χ3v) is 2.49. The number of alkyl halides is 6. The average molecular weight is 318 g/mol. The number of halogens is 6. The Morgan fingerprint density at radius 2 is 1.48 bits per heavy atom. The van der Waals surface area contributed by atoms with Crippen LogP contribution in [-0.2, 0) is 0 Å². The molecule has 1 unspecified atom stereocenters. The molecule has 21 heavy (non-hydrogen) atoms. The Morgan fingerprint density at radius 1 is 1.00 bits per heavy atom. The second-order valence-electron chi connectivity index (χ2n) is 3.90. The van der Waals surface area contributed by atoms with Crippen LogP contribution in [0.2, 0.25) is 0 Å². The summed E-state index contributed by atoms with van der Waals surface area (Å²) in [5.74, 6) is -9.40. The molecule has 10 heteroatoms. The number of carbonyl (C=O) groups is 2. The molecular formula is C11H8F6O4. The van der Waals surface area contributed by atoms with Gasteiger partial charge in [-0.15, -0.1) is 0 Å². The van der Waals surface area contributed by atoms with Gasteiger partial charge >= 0.3 is 24.0 Å². The van der Waals surface area contributed by atoms with Gasteiger partial charge in [-0.3, -0.25) is 0 Å². The summed E-state index contributed by atoms with van der Waals surface area (Å²) in [6, 6.07) is 0.941. The normalized spacial score (nSPS) is 13.8. The lowest BCUT2D eigenvalue weighted by molar-refractivity contribution is -0.305. The van der Waals surface area contributed by atoms with Gasteiger partial charge in [-0.05, 0) is 17.7 Å². The monoisotopic (exact) mass is 318 g/mol. The van der Waals surface area contributed by atoms with Gasteiger partial charge in [0.25, 0.3) is 0 Å². The van der Waals surface area contributed by atoms with Crippen molar-refractivity contribution in [1.82, 2.24) is 0 Å². The first-order valence-electron chi connectivity index (χ1n) is 5.08. The van der Waals surface area contributed by atoms with Crippen LogP contribution >= 0.6 is 0 Å². The van der Waals surface area contributed by atoms with Crippen LogP contribution in [0.25, 0.3) is 0 Å². The molecule has 0 radical (unpaired) electrons. The zero-order valence-electron chi connectivity index (χ0n) is 9.79. The van der Waals surface area contributed by atoms with Crippen molar-refractivity contribution in [2.24, 2.45) is 0 Å². The van der Waals surface area contributed by atoms with E-state index >= 15 is 0 Å². The maximum Gasteiger partial charge on any atom is 0.456 e. The summed E-state index contributed by atoms with van der Waals surface area (Å²) in [6.07, 6.45) is -10.0. The Labute approximate surface area is 114 Å². The predicted molar refractivity (Wildman–Crippen MR) is 57.3 cm³/mol. The van der Waals surface area contributed by atoms with Crippen molar-refractivity contribution in [2.45, 2.75) is 18.3 Å². The van der Waals surface area contributed by atoms with E-state index in [9.17, 15) is 35.9 Å². The third kappa shape index (κ3) is 3.09. The molecule has 0 heterocycles. The Balaban J connectivity index is 0.00000441. The van der Waals surface area contributed by atoms with Crippen LogP contribution in [0, 0.1) is 0 Å². The summed E-state index contributed by atoms with van der Waals surface area (Å²) in [5.41, 5.74) is -3.26. The molecule has 0 spiro atoms. The summed E-state index contributed by atoms with van der Waals surface area (Å²) in [6.45, 7) is 0. The van der Waals surface area contributed by atoms with Crippen molar-refractivity contribution in [2.75, 3.05) is 0 Å². The fourth-order valence-corrected chi connectivity index (χ4v) is 1.44. The first kappa shape index (κ1) is 16.8. The number of rotatable bonds is 4. The summed E-state index contributed by atoms with van der Waals surface area (Å²) in [5, 5.41) is 17.3. The van der Waals surface area contributed by atoms with Crippen LogP contribution in [0.4, 0.5) is 26.3 Å². The zero-order chi connectivity index (χ0) is 16.6. The van der Waals surface area contributed by atoms with Crippen molar-refractivity contribution in [3.05, 3.63) is 34.9 Å². The summed E-state index contributed by atoms with van der Waals surface area (Å²) in [4.78, 5) is 21.4. The molecule has 0 saturated heterocycles. The van der Waals surface area contributed by atoms with E-state index in [4.69, 9.17) is 10.2 Å². The maximum atomic E-state index is 13.4. The van der Waals surface area contributed by atoms with E-state index in [-0.39, 0.29) is 7.49 Å². The van der Waals surface area contributed by atoms with Crippen molar-refractivity contribution in [1.29, 1.82) is 0 Å². The van der Waals surface area contributed by atoms with Gasteiger partial charge in [-0.1, -0.05) is 6.07 Å². The smallest absolute Gasteiger partial charge is 0.456 e. The summed E-state index contributed by atoms with van der Waals surface area (Å²) in [7, 11) is 0. The van der Waals surface area contributed by atoms with E-state index < -0.39 is 46.9 Å². The largest absolute Gasteiger partial charge is 0.478 e. The molecule has 0 amide bonds. The highest BCUT2D eigenvalue weighted by atomic mass is 19.4. The molecule has 0 aliphatic carbocycles. The van der Waals surface area contributed by atoms with Crippen molar-refractivity contribution in [3.8, 4) is 0 Å². The topological polar surface area (TPSA) is 74.6 Å². The van der Waals surface area contributed by atoms with Crippen LogP contribution < -0.4 is 0 Å². The number of benzene rings is 1. The molecule has 1 aromatic carbocycles. The Morgan fingerprint density at radius 3 is 1.86 bits per heavy atom. The minimum atomic E-state index is -6.18. The summed E-state index contributed by atoms with van der Waals surface area (Å²) < 4.78 is 75.2. The van der Waals surface area contributed by atoms with Gasteiger partial charge in [0.2, 0.25) is 0 Å². The van der Waals surface area contributed by atoms with Crippen LogP contribution in [0.5, 0.6) is 0 Å². The van der Waals surface area contributed by atoms with Crippen LogP contribution in [0.1, 0.15) is 33.9 Å². The highest BCUT2D eigenvalue weighted by Crippen LogP contribution is 2.46. The van der Waals surface area contributed by atoms with Gasteiger partial charge in [0.15, 0.2) is 6.17 Å². The lowest BCUT2D eigenvalue weighted by Gasteiger charge is -2.23. The van der Waals surface area contributed by atoms with Gasteiger partial charge < -0.3 is 10.2 Å². The second kappa shape index (κ2) is 5.26. The quantitative estimate of drug-likeness (QED) is 0.833. The van der Waals surface area contributed by atoms with Crippen LogP contribution in [-0.4, -0.2) is 34.3 Å². The van der Waals surface area contributed by atoms with E-state index in [0.717, 1.165) is 0 Å². The van der Waals surface area contributed by atoms with E-state index in [0.29, 0.717) is 12.1 Å². The number of aromatic carboxylic acids is 2. The molecule has 4 nitrogen and oxygen atoms in total. The molecule has 0 aliphatic heterocycles. The molecule has 1 atom stereocenters. The lowest BCUT2D eigenvalue weighted by Crippen LogP contribution is -2.40. The fraction of sp³-hybridized carbons (Fsp3) is 0.273. The Kier molecular flexibility index (Phi) is 4.21. The average Bonchev–Trinajstić information content (AvgIpc) is 2.35. The number of hydrogen-bond donors (Lipinski definition) is 2. The number of carboxylic acids is 2. The van der Waals surface area contributed by atoms with Crippen molar-refractivity contribution in [3.63, 3.8) is 0 Å². The van der Waals surface area contributed by atoms with Crippen molar-refractivity contribution >= 4 is 11.9 Å². The van der Waals surface area contributed by atoms with Gasteiger partial charge in [0.1, 0.15) is 0 Å². The van der Waals surface area contributed by atoms with Crippen LogP contribution in [0.3, 0.4) is 0 Å². The van der Waals surface area contributed by atoms with E-state index in [2.05, 4.69) is 0 Å². The van der Waals surface area contributed by atoms with Gasteiger partial charge in [0.05, 0.1) is 11.1 Å². The van der Waals surface area contributed by atoms with Crippen molar-refractivity contribution < 1.29 is 47.6 Å². The Hall–Kier alpha value is -2.26. The Bertz CT molecular complexity index is 586. The maximum absolute atomic E-state index is 13.4. The van der Waals surface area contributed by atoms with Gasteiger partial charge in [0, 0.05) is 1.43 Å². The highest BCUT2D eigenvalue weighted by Gasteiger charge is 2.63. The molecule has 0 saturated carbocycles. The molecule has 1 rings (SSSR count). The number of carboxylic acid groups (broad SMARTS) is 2. The molecule has 2 N–H and O–H groups in total. The minimum absolute atomic E-state index is 0. The lowest BCUT2D eigenvalue weighted by atomic mass is 9.98. The zero-order valence-corrected chi connectivity index (χ0v) is 9.79. The molecule has 118 valence electrons. The van der Waals surface area contributed by atoms with E-state index in [1.165, 1.54) is 0 Å². The van der Waals surface area contributed by atoms with Gasteiger partial charge in [-0.2, -0.15) is 22.0 Å². The first-order chi connectivity index (χ1) is 9.39. The highest BCUT2D eigenvalue weighted by molar-refractivity contribution is 6.01. The predicted octanol–water partition coefficient (Wildman–Crippen LogP) is 3.54. The van der Waals surface area contributed by atoms with E-state index in [1.54, 1.807) is 0 Å². The summed E-state index contributed by atoms with van der Waals surface area (Å²) >= 11 is 0. The van der Waals surface area contributed by atoms with E-state index in [1.807, 2.05) is 0 Å². The molecule has 0 aliphatic rings. The second-order valence-corrected chi connectivity index (χ2v) is 3.90. The van der Waals surface area contributed by atoms with Gasteiger partial charge in [-0.25, -0.2) is 14.0 Å². The minimum Gasteiger partial charge on any atom is -0.478 e. The standard InChI is InChI=1S/C11H6F6O4.H2/c12-7(10(13,14)11(15,16)17)4-1-2-5(8(18)19)6(3-4)9(20)21;/h1-3,7H,(H,18,19)(H,20,21);1H. The molecular weight excluding hydrogens is 310 g/mol. The SMILES string of the molecule is O=C(O)c1ccc(C(F)C(F)(F)C(F)(F)F)cc1C(=O)O.[HH]. The molecule has 0 bridgehead atoms. The van der Waals surface area contributed by atoms with Crippen LogP contribution in [0.15, 0.2) is 18.2 Å². The molecule has 1 aromatic rings. The third-order valence-electron chi connectivity index (χ3n) is 2.49. The molecule has 0 aromatic heterocycles.